The molecule has 0 aliphatic carbocycles. The number of nitrogens with zero attached hydrogens (tertiary/aromatic N) is 2. The van der Waals surface area contributed by atoms with Gasteiger partial charge in [-0.1, -0.05) is 60.7 Å². The van der Waals surface area contributed by atoms with Gasteiger partial charge in [-0.05, 0) is 42.1 Å². The van der Waals surface area contributed by atoms with Gasteiger partial charge in [0.15, 0.2) is 6.61 Å². The number of aryl methyl sites for hydroxylation is 1. The molecule has 1 aromatic heterocycles. The maximum atomic E-state index is 12.2. The molecular formula is C27H23N3O2. The van der Waals surface area contributed by atoms with E-state index in [0.29, 0.717) is 5.75 Å². The third kappa shape index (κ3) is 3.69. The monoisotopic (exact) mass is 421 g/mol. The lowest BCUT2D eigenvalue weighted by Crippen LogP contribution is -2.24. The van der Waals surface area contributed by atoms with Crippen molar-refractivity contribution >= 4 is 44.7 Å². The second-order valence-corrected chi connectivity index (χ2v) is 7.60. The van der Waals surface area contributed by atoms with Crippen molar-refractivity contribution in [1.29, 1.82) is 0 Å². The number of nitrogens with one attached hydrogen (secondary N) is 1. The van der Waals surface area contributed by atoms with Crippen LogP contribution in [0, 0.1) is 0 Å². The van der Waals surface area contributed by atoms with Gasteiger partial charge in [0.1, 0.15) is 5.75 Å². The van der Waals surface area contributed by atoms with Crippen molar-refractivity contribution in [2.45, 2.75) is 13.5 Å². The number of carbonyl (C=O) groups excluding carboxylic acids is 1. The summed E-state index contributed by atoms with van der Waals surface area (Å²) >= 11 is 0. The highest BCUT2D eigenvalue weighted by atomic mass is 16.5. The number of rotatable bonds is 6. The quantitative estimate of drug-likeness (QED) is 0.291. The average molecular weight is 422 g/mol. The van der Waals surface area contributed by atoms with Crippen LogP contribution in [0.3, 0.4) is 0 Å². The summed E-state index contributed by atoms with van der Waals surface area (Å²) in [6, 6.07) is 28.3. The lowest BCUT2D eigenvalue weighted by atomic mass is 10.1. The van der Waals surface area contributed by atoms with Crippen molar-refractivity contribution in [2.24, 2.45) is 5.10 Å². The summed E-state index contributed by atoms with van der Waals surface area (Å²) in [4.78, 5) is 12.2. The first-order chi connectivity index (χ1) is 15.7. The summed E-state index contributed by atoms with van der Waals surface area (Å²) in [7, 11) is 0. The van der Waals surface area contributed by atoms with E-state index in [0.717, 1.165) is 22.9 Å². The molecule has 5 aromatic rings. The minimum Gasteiger partial charge on any atom is -0.483 e. The van der Waals surface area contributed by atoms with Crippen LogP contribution in [0.15, 0.2) is 90.0 Å². The molecule has 5 heteroatoms. The van der Waals surface area contributed by atoms with Crippen LogP contribution in [0.25, 0.3) is 32.6 Å². The predicted molar refractivity (Wildman–Crippen MR) is 130 cm³/mol. The molecule has 0 aliphatic heterocycles. The van der Waals surface area contributed by atoms with Gasteiger partial charge < -0.3 is 9.30 Å². The molecule has 1 N–H and O–H groups in total. The first kappa shape index (κ1) is 19.8. The highest BCUT2D eigenvalue weighted by Gasteiger charge is 2.09. The predicted octanol–water partition coefficient (Wildman–Crippen LogP) is 5.50. The van der Waals surface area contributed by atoms with Gasteiger partial charge in [-0.15, -0.1) is 0 Å². The van der Waals surface area contributed by atoms with Gasteiger partial charge in [0.2, 0.25) is 0 Å². The van der Waals surface area contributed by atoms with E-state index in [2.05, 4.69) is 58.4 Å². The van der Waals surface area contributed by atoms with Crippen molar-refractivity contribution < 1.29 is 9.53 Å². The smallest absolute Gasteiger partial charge is 0.277 e. The van der Waals surface area contributed by atoms with E-state index < -0.39 is 0 Å². The summed E-state index contributed by atoms with van der Waals surface area (Å²) in [5.74, 6) is 0.373. The Kier molecular flexibility index (Phi) is 5.30. The first-order valence-electron chi connectivity index (χ1n) is 10.7. The minimum absolute atomic E-state index is 0.103. The molecule has 0 spiro atoms. The number of carbonyl (C=O) groups is 1. The van der Waals surface area contributed by atoms with Crippen molar-refractivity contribution in [3.8, 4) is 5.75 Å². The number of ether oxygens (including phenoxy) is 1. The third-order valence-corrected chi connectivity index (χ3v) is 5.62. The van der Waals surface area contributed by atoms with E-state index in [1.807, 2.05) is 48.5 Å². The third-order valence-electron chi connectivity index (χ3n) is 5.62. The molecule has 0 fully saturated rings. The molecule has 0 bridgehead atoms. The van der Waals surface area contributed by atoms with Crippen LogP contribution >= 0.6 is 0 Å². The molecule has 0 saturated carbocycles. The van der Waals surface area contributed by atoms with Crippen LogP contribution in [0.4, 0.5) is 0 Å². The molecule has 158 valence electrons. The molecule has 1 heterocycles. The van der Waals surface area contributed by atoms with Crippen LogP contribution < -0.4 is 10.2 Å². The number of benzene rings is 4. The summed E-state index contributed by atoms with van der Waals surface area (Å²) in [6.07, 6.45) is 1.66. The fourth-order valence-corrected chi connectivity index (χ4v) is 4.17. The normalized spacial score (nSPS) is 11.5. The van der Waals surface area contributed by atoms with E-state index in [9.17, 15) is 4.79 Å². The fourth-order valence-electron chi connectivity index (χ4n) is 4.17. The van der Waals surface area contributed by atoms with Gasteiger partial charge in [-0.2, -0.15) is 5.10 Å². The Hall–Kier alpha value is -4.12. The lowest BCUT2D eigenvalue weighted by molar-refractivity contribution is -0.123. The molecule has 0 radical (unpaired) electrons. The summed E-state index contributed by atoms with van der Waals surface area (Å²) < 4.78 is 8.02. The number of hydrazone groups is 1. The van der Waals surface area contributed by atoms with Crippen LogP contribution in [0.1, 0.15) is 12.5 Å². The van der Waals surface area contributed by atoms with Crippen LogP contribution in [-0.4, -0.2) is 23.3 Å². The SMILES string of the molecule is CCn1c2ccccc2c2cc(C=NNC(=O)COc3cccc4ccccc34)ccc21. The maximum Gasteiger partial charge on any atom is 0.277 e. The second-order valence-electron chi connectivity index (χ2n) is 7.60. The molecule has 0 saturated heterocycles. The molecule has 0 atom stereocenters. The van der Waals surface area contributed by atoms with Gasteiger partial charge in [-0.25, -0.2) is 5.43 Å². The maximum absolute atomic E-state index is 12.2. The number of aromatic nitrogens is 1. The van der Waals surface area contributed by atoms with E-state index in [-0.39, 0.29) is 12.5 Å². The molecule has 5 rings (SSSR count). The minimum atomic E-state index is -0.308. The Morgan fingerprint density at radius 1 is 0.906 bits per heavy atom. The Morgan fingerprint density at radius 3 is 2.53 bits per heavy atom. The second kappa shape index (κ2) is 8.55. The Bertz CT molecular complexity index is 1460. The Balaban J connectivity index is 1.28. The zero-order valence-corrected chi connectivity index (χ0v) is 17.8. The topological polar surface area (TPSA) is 55.6 Å². The summed E-state index contributed by atoms with van der Waals surface area (Å²) in [5.41, 5.74) is 5.89. The number of para-hydroxylation sites is 1. The van der Waals surface area contributed by atoms with E-state index in [4.69, 9.17) is 4.74 Å². The Labute approximate surface area is 185 Å². The summed E-state index contributed by atoms with van der Waals surface area (Å²) in [5, 5.41) is 8.56. The molecule has 32 heavy (non-hydrogen) atoms. The zero-order valence-electron chi connectivity index (χ0n) is 17.8. The summed E-state index contributed by atoms with van der Waals surface area (Å²) in [6.45, 7) is 2.95. The Morgan fingerprint density at radius 2 is 1.66 bits per heavy atom. The fraction of sp³-hybridized carbons (Fsp3) is 0.111. The van der Waals surface area contributed by atoms with Gasteiger partial charge in [0.25, 0.3) is 5.91 Å². The molecular weight excluding hydrogens is 398 g/mol. The van der Waals surface area contributed by atoms with Crippen molar-refractivity contribution in [2.75, 3.05) is 6.61 Å². The van der Waals surface area contributed by atoms with E-state index >= 15 is 0 Å². The first-order valence-corrected chi connectivity index (χ1v) is 10.7. The van der Waals surface area contributed by atoms with E-state index in [1.54, 1.807) is 6.21 Å². The zero-order chi connectivity index (χ0) is 21.9. The standard InChI is InChI=1S/C27H23N3O2/c1-2-30-24-12-6-5-11-22(24)23-16-19(14-15-25(23)30)17-28-29-27(31)18-32-26-13-7-9-20-8-3-4-10-21(20)26/h3-17H,2,18H2,1H3,(H,29,31). The van der Waals surface area contributed by atoms with Gasteiger partial charge in [-0.3, -0.25) is 4.79 Å². The van der Waals surface area contributed by atoms with Crippen LogP contribution in [-0.2, 0) is 11.3 Å². The van der Waals surface area contributed by atoms with Crippen LogP contribution in [0.2, 0.25) is 0 Å². The average Bonchev–Trinajstić information content (AvgIpc) is 3.15. The lowest BCUT2D eigenvalue weighted by Gasteiger charge is -2.08. The molecule has 0 unspecified atom stereocenters. The largest absolute Gasteiger partial charge is 0.483 e. The van der Waals surface area contributed by atoms with Gasteiger partial charge in [0.05, 0.1) is 6.21 Å². The number of amides is 1. The van der Waals surface area contributed by atoms with Crippen molar-refractivity contribution in [1.82, 2.24) is 9.99 Å². The highest BCUT2D eigenvalue weighted by Crippen LogP contribution is 2.29. The number of fused-ring (bicyclic) bond motifs is 4. The van der Waals surface area contributed by atoms with Crippen molar-refractivity contribution in [3.63, 3.8) is 0 Å². The highest BCUT2D eigenvalue weighted by molar-refractivity contribution is 6.09. The number of hydrogen-bond donors (Lipinski definition) is 1. The van der Waals surface area contributed by atoms with Crippen molar-refractivity contribution in [3.05, 3.63) is 90.5 Å². The van der Waals surface area contributed by atoms with Crippen LogP contribution in [0.5, 0.6) is 5.75 Å². The number of hydrogen-bond acceptors (Lipinski definition) is 3. The molecule has 5 nitrogen and oxygen atoms in total. The van der Waals surface area contributed by atoms with E-state index in [1.165, 1.54) is 21.8 Å². The molecule has 0 aliphatic rings. The van der Waals surface area contributed by atoms with Gasteiger partial charge in [0, 0.05) is 33.7 Å². The van der Waals surface area contributed by atoms with Gasteiger partial charge >= 0.3 is 0 Å². The molecule has 4 aromatic carbocycles. The molecule has 1 amide bonds.